The first-order valence-electron chi connectivity index (χ1n) is 8.81. The predicted molar refractivity (Wildman–Crippen MR) is 109 cm³/mol. The summed E-state index contributed by atoms with van der Waals surface area (Å²) in [6.07, 6.45) is 0. The van der Waals surface area contributed by atoms with Crippen LogP contribution in [0, 0.1) is 0 Å². The minimum absolute atomic E-state index is 0.0598. The van der Waals surface area contributed by atoms with E-state index in [9.17, 15) is 9.59 Å². The minimum Gasteiger partial charge on any atom is -0.493 e. The van der Waals surface area contributed by atoms with Crippen molar-refractivity contribution in [3.63, 3.8) is 0 Å². The lowest BCUT2D eigenvalue weighted by Crippen LogP contribution is -2.14. The number of nitrogens with one attached hydrogen (secondary N) is 1. The summed E-state index contributed by atoms with van der Waals surface area (Å²) in [6.45, 7) is 0.0957. The molecule has 142 valence electrons. The quantitative estimate of drug-likeness (QED) is 0.597. The fourth-order valence-corrected chi connectivity index (χ4v) is 2.82. The van der Waals surface area contributed by atoms with Crippen LogP contribution >= 0.6 is 0 Å². The molecular formula is C23H21NO4. The number of carbonyl (C=O) groups excluding carboxylic acids is 2. The van der Waals surface area contributed by atoms with Crippen LogP contribution in [0.4, 0.5) is 5.69 Å². The lowest BCUT2D eigenvalue weighted by molar-refractivity contribution is 0.100. The first-order valence-corrected chi connectivity index (χ1v) is 8.81. The lowest BCUT2D eigenvalue weighted by Gasteiger charge is -2.10. The number of carbonyl (C=O) groups is 2. The molecule has 0 amide bonds. The Hall–Kier alpha value is -3.60. The Balaban J connectivity index is 1.70. The average Bonchev–Trinajstić information content (AvgIpc) is 2.77. The zero-order chi connectivity index (χ0) is 19.9. The third-order valence-electron chi connectivity index (χ3n) is 4.32. The average molecular weight is 375 g/mol. The van der Waals surface area contributed by atoms with E-state index in [4.69, 9.17) is 9.47 Å². The Bertz CT molecular complexity index is 983. The van der Waals surface area contributed by atoms with Crippen LogP contribution in [0.15, 0.2) is 72.8 Å². The van der Waals surface area contributed by atoms with Gasteiger partial charge in [0.1, 0.15) is 0 Å². The zero-order valence-electron chi connectivity index (χ0n) is 15.8. The van der Waals surface area contributed by atoms with Crippen molar-refractivity contribution in [2.75, 3.05) is 26.1 Å². The van der Waals surface area contributed by atoms with Crippen LogP contribution in [-0.2, 0) is 0 Å². The van der Waals surface area contributed by atoms with E-state index in [1.165, 1.54) is 7.11 Å². The van der Waals surface area contributed by atoms with E-state index in [0.29, 0.717) is 33.9 Å². The molecule has 0 atom stereocenters. The molecule has 0 spiro atoms. The number of rotatable bonds is 8. The zero-order valence-corrected chi connectivity index (χ0v) is 15.8. The highest BCUT2D eigenvalue weighted by molar-refractivity contribution is 6.09. The van der Waals surface area contributed by atoms with E-state index in [1.807, 2.05) is 24.3 Å². The van der Waals surface area contributed by atoms with Crippen molar-refractivity contribution in [1.29, 1.82) is 0 Å². The Morgan fingerprint density at radius 2 is 1.46 bits per heavy atom. The fraction of sp³-hybridized carbons (Fsp3) is 0.130. The van der Waals surface area contributed by atoms with Crippen molar-refractivity contribution >= 4 is 17.3 Å². The van der Waals surface area contributed by atoms with Gasteiger partial charge in [0.2, 0.25) is 0 Å². The Morgan fingerprint density at radius 1 is 0.750 bits per heavy atom. The van der Waals surface area contributed by atoms with Gasteiger partial charge in [-0.15, -0.1) is 0 Å². The molecule has 3 rings (SSSR count). The number of Topliss-reactive ketones (excluding diaryl/α,β-unsaturated/α-hetero) is 1. The predicted octanol–water partition coefficient (Wildman–Crippen LogP) is 4.23. The molecule has 0 aliphatic heterocycles. The van der Waals surface area contributed by atoms with Crippen LogP contribution in [0.3, 0.4) is 0 Å². The maximum Gasteiger partial charge on any atom is 0.193 e. The van der Waals surface area contributed by atoms with Gasteiger partial charge in [0.15, 0.2) is 23.1 Å². The van der Waals surface area contributed by atoms with E-state index in [1.54, 1.807) is 55.6 Å². The second-order valence-electron chi connectivity index (χ2n) is 6.12. The molecule has 0 aliphatic carbocycles. The maximum absolute atomic E-state index is 12.6. The van der Waals surface area contributed by atoms with Crippen LogP contribution in [0.5, 0.6) is 11.5 Å². The van der Waals surface area contributed by atoms with Gasteiger partial charge in [0, 0.05) is 22.4 Å². The fourth-order valence-electron chi connectivity index (χ4n) is 2.82. The molecule has 0 bridgehead atoms. The summed E-state index contributed by atoms with van der Waals surface area (Å²) in [4.78, 5) is 25.1. The SMILES string of the molecule is COc1ccc(C(=O)CNc2cccc(C(=O)c3ccccc3)c2)cc1OC. The van der Waals surface area contributed by atoms with Gasteiger partial charge in [-0.3, -0.25) is 9.59 Å². The number of hydrogen-bond donors (Lipinski definition) is 1. The minimum atomic E-state index is -0.0965. The second-order valence-corrected chi connectivity index (χ2v) is 6.12. The maximum atomic E-state index is 12.6. The van der Waals surface area contributed by atoms with Crippen LogP contribution in [0.25, 0.3) is 0 Å². The van der Waals surface area contributed by atoms with Crippen LogP contribution in [-0.4, -0.2) is 32.3 Å². The molecule has 0 unspecified atom stereocenters. The molecule has 0 aromatic heterocycles. The highest BCUT2D eigenvalue weighted by Crippen LogP contribution is 2.27. The lowest BCUT2D eigenvalue weighted by atomic mass is 10.0. The third kappa shape index (κ3) is 4.38. The van der Waals surface area contributed by atoms with Crippen molar-refractivity contribution in [2.24, 2.45) is 0 Å². The number of anilines is 1. The molecule has 0 fully saturated rings. The molecule has 5 heteroatoms. The van der Waals surface area contributed by atoms with Crippen LogP contribution < -0.4 is 14.8 Å². The van der Waals surface area contributed by atoms with E-state index in [0.717, 1.165) is 0 Å². The number of ketones is 2. The number of hydrogen-bond acceptors (Lipinski definition) is 5. The molecule has 3 aromatic rings. The molecule has 28 heavy (non-hydrogen) atoms. The van der Waals surface area contributed by atoms with Gasteiger partial charge >= 0.3 is 0 Å². The smallest absolute Gasteiger partial charge is 0.193 e. The largest absolute Gasteiger partial charge is 0.493 e. The Labute approximate surface area is 163 Å². The standard InChI is InChI=1S/C23H21NO4/c1-27-21-12-11-17(14-22(21)28-2)20(25)15-24-19-10-6-9-18(13-19)23(26)16-7-4-3-5-8-16/h3-14,24H,15H2,1-2H3. The molecule has 0 saturated carbocycles. The molecule has 5 nitrogen and oxygen atoms in total. The van der Waals surface area contributed by atoms with Gasteiger partial charge < -0.3 is 14.8 Å². The van der Waals surface area contributed by atoms with E-state index < -0.39 is 0 Å². The molecule has 0 aliphatic rings. The van der Waals surface area contributed by atoms with Crippen LogP contribution in [0.1, 0.15) is 26.3 Å². The summed E-state index contributed by atoms with van der Waals surface area (Å²) in [5, 5.41) is 3.08. The topological polar surface area (TPSA) is 64.6 Å². The number of ether oxygens (including phenoxy) is 2. The summed E-state index contributed by atoms with van der Waals surface area (Å²) < 4.78 is 10.4. The van der Waals surface area contributed by atoms with Gasteiger partial charge in [0.25, 0.3) is 0 Å². The van der Waals surface area contributed by atoms with Crippen molar-refractivity contribution in [3.05, 3.63) is 89.5 Å². The van der Waals surface area contributed by atoms with Crippen molar-refractivity contribution in [2.45, 2.75) is 0 Å². The summed E-state index contributed by atoms with van der Waals surface area (Å²) >= 11 is 0. The summed E-state index contributed by atoms with van der Waals surface area (Å²) in [6, 6.07) is 21.3. The van der Waals surface area contributed by atoms with E-state index in [2.05, 4.69) is 5.32 Å². The number of benzene rings is 3. The van der Waals surface area contributed by atoms with Gasteiger partial charge in [-0.1, -0.05) is 42.5 Å². The van der Waals surface area contributed by atoms with Gasteiger partial charge in [0.05, 0.1) is 20.8 Å². The van der Waals surface area contributed by atoms with Crippen molar-refractivity contribution < 1.29 is 19.1 Å². The molecule has 0 radical (unpaired) electrons. The Morgan fingerprint density at radius 3 is 2.18 bits per heavy atom. The molecule has 0 heterocycles. The monoisotopic (exact) mass is 375 g/mol. The number of methoxy groups -OCH3 is 2. The molecule has 3 aromatic carbocycles. The first-order chi connectivity index (χ1) is 13.6. The van der Waals surface area contributed by atoms with Crippen LogP contribution in [0.2, 0.25) is 0 Å². The summed E-state index contributed by atoms with van der Waals surface area (Å²) in [7, 11) is 3.07. The molecular weight excluding hydrogens is 354 g/mol. The summed E-state index contributed by atoms with van der Waals surface area (Å²) in [5.41, 5.74) is 2.41. The van der Waals surface area contributed by atoms with Crippen molar-refractivity contribution in [3.8, 4) is 11.5 Å². The third-order valence-corrected chi connectivity index (χ3v) is 4.32. The van der Waals surface area contributed by atoms with Gasteiger partial charge in [-0.25, -0.2) is 0 Å². The van der Waals surface area contributed by atoms with E-state index >= 15 is 0 Å². The van der Waals surface area contributed by atoms with Crippen molar-refractivity contribution in [1.82, 2.24) is 0 Å². The summed E-state index contributed by atoms with van der Waals surface area (Å²) in [5.74, 6) is 0.916. The highest BCUT2D eigenvalue weighted by atomic mass is 16.5. The second kappa shape index (κ2) is 8.86. The van der Waals surface area contributed by atoms with Gasteiger partial charge in [-0.05, 0) is 30.3 Å². The van der Waals surface area contributed by atoms with E-state index in [-0.39, 0.29) is 18.1 Å². The Kier molecular flexibility index (Phi) is 6.07. The normalized spacial score (nSPS) is 10.2. The molecule has 1 N–H and O–H groups in total. The molecule has 0 saturated heterocycles. The van der Waals surface area contributed by atoms with Gasteiger partial charge in [-0.2, -0.15) is 0 Å². The first kappa shape index (κ1) is 19.2. The highest BCUT2D eigenvalue weighted by Gasteiger charge is 2.12.